The number of benzene rings is 2. The first-order valence-electron chi connectivity index (χ1n) is 6.86. The van der Waals surface area contributed by atoms with Crippen LogP contribution in [-0.4, -0.2) is 4.98 Å². The van der Waals surface area contributed by atoms with Crippen LogP contribution in [0.15, 0.2) is 47.5 Å². The van der Waals surface area contributed by atoms with Crippen molar-refractivity contribution in [1.82, 2.24) is 4.98 Å². The molecule has 21 heavy (non-hydrogen) atoms. The lowest BCUT2D eigenvalue weighted by Gasteiger charge is -2.11. The number of halogens is 2. The Kier molecular flexibility index (Phi) is 3.88. The van der Waals surface area contributed by atoms with E-state index < -0.39 is 0 Å². The molecule has 0 bridgehead atoms. The number of aromatic nitrogens is 1. The molecule has 0 fully saturated rings. The maximum atomic E-state index is 6.62. The Bertz CT molecular complexity index is 862. The van der Waals surface area contributed by atoms with E-state index in [-0.39, 0.29) is 0 Å². The zero-order valence-corrected chi connectivity index (χ0v) is 13.5. The van der Waals surface area contributed by atoms with Crippen LogP contribution in [0.3, 0.4) is 0 Å². The fraction of sp³-hybridized carbons (Fsp3) is 0.167. The average Bonchev–Trinajstić information content (AvgIpc) is 2.46. The Labute approximate surface area is 134 Å². The molecule has 106 valence electrons. The molecule has 0 N–H and O–H groups in total. The number of fused-ring (bicyclic) bond motifs is 3. The zero-order chi connectivity index (χ0) is 15.0. The first-order chi connectivity index (χ1) is 10.1. The fourth-order valence-corrected chi connectivity index (χ4v) is 3.03. The molecule has 0 aliphatic heterocycles. The van der Waals surface area contributed by atoms with Crippen LogP contribution in [0.1, 0.15) is 18.2 Å². The van der Waals surface area contributed by atoms with Gasteiger partial charge >= 0.3 is 0 Å². The number of hydrogen-bond acceptors (Lipinski definition) is 1. The van der Waals surface area contributed by atoms with E-state index in [0.717, 1.165) is 37.6 Å². The highest BCUT2D eigenvalue weighted by molar-refractivity contribution is 6.37. The molecule has 0 atom stereocenters. The van der Waals surface area contributed by atoms with Crippen LogP contribution in [0.25, 0.3) is 21.7 Å². The van der Waals surface area contributed by atoms with E-state index in [0.29, 0.717) is 6.42 Å². The summed E-state index contributed by atoms with van der Waals surface area (Å²) in [4.78, 5) is 4.79. The molecule has 0 spiro atoms. The van der Waals surface area contributed by atoms with Gasteiger partial charge in [-0.1, -0.05) is 65.7 Å². The van der Waals surface area contributed by atoms with Crippen molar-refractivity contribution < 1.29 is 0 Å². The topological polar surface area (TPSA) is 12.9 Å². The number of rotatable bonds is 2. The molecular formula is C18H15Cl2N. The van der Waals surface area contributed by atoms with Crippen molar-refractivity contribution in [3.05, 3.63) is 63.8 Å². The van der Waals surface area contributed by atoms with E-state index in [4.69, 9.17) is 28.2 Å². The Balaban J connectivity index is 2.31. The molecule has 3 heteroatoms. The van der Waals surface area contributed by atoms with Gasteiger partial charge in [0.05, 0.1) is 10.5 Å². The molecule has 0 unspecified atom stereocenters. The quantitative estimate of drug-likeness (QED) is 0.526. The lowest BCUT2D eigenvalue weighted by molar-refractivity contribution is 1.13. The summed E-state index contributed by atoms with van der Waals surface area (Å²) >= 11 is 12.5. The molecule has 0 aliphatic carbocycles. The summed E-state index contributed by atoms with van der Waals surface area (Å²) in [6.07, 6.45) is 2.67. The molecule has 0 saturated heterocycles. The number of aryl methyl sites for hydroxylation is 1. The highest BCUT2D eigenvalue weighted by Crippen LogP contribution is 2.33. The molecule has 1 heterocycles. The third-order valence-electron chi connectivity index (χ3n) is 3.71. The SMILES string of the molecule is C/C(Cl)=C/Cc1c(C)nc2c(ccc3ccccc32)c1Cl. The molecule has 0 amide bonds. The molecule has 1 aromatic heterocycles. The second-order valence-electron chi connectivity index (χ2n) is 5.17. The van der Waals surface area contributed by atoms with Crippen molar-refractivity contribution in [3.63, 3.8) is 0 Å². The molecule has 0 radical (unpaired) electrons. The largest absolute Gasteiger partial charge is 0.252 e. The predicted octanol–water partition coefficient (Wildman–Crippen LogP) is 6.03. The minimum atomic E-state index is 0.704. The van der Waals surface area contributed by atoms with Crippen LogP contribution in [0.4, 0.5) is 0 Å². The maximum Gasteiger partial charge on any atom is 0.0798 e. The molecule has 2 aromatic carbocycles. The fourth-order valence-electron chi connectivity index (χ4n) is 2.59. The number of hydrogen-bond donors (Lipinski definition) is 0. The zero-order valence-electron chi connectivity index (χ0n) is 12.0. The van der Waals surface area contributed by atoms with Crippen LogP contribution in [-0.2, 0) is 6.42 Å². The van der Waals surface area contributed by atoms with Crippen molar-refractivity contribution in [3.8, 4) is 0 Å². The van der Waals surface area contributed by atoms with Gasteiger partial charge in [-0.3, -0.25) is 4.98 Å². The van der Waals surface area contributed by atoms with Gasteiger partial charge in [0, 0.05) is 21.5 Å². The lowest BCUT2D eigenvalue weighted by Crippen LogP contribution is -1.96. The van der Waals surface area contributed by atoms with Crippen molar-refractivity contribution in [2.75, 3.05) is 0 Å². The summed E-state index contributed by atoms with van der Waals surface area (Å²) < 4.78 is 0. The van der Waals surface area contributed by atoms with E-state index >= 15 is 0 Å². The molecular weight excluding hydrogens is 301 g/mol. The van der Waals surface area contributed by atoms with Crippen molar-refractivity contribution in [1.29, 1.82) is 0 Å². The summed E-state index contributed by atoms with van der Waals surface area (Å²) in [7, 11) is 0. The number of nitrogens with zero attached hydrogens (tertiary/aromatic N) is 1. The highest BCUT2D eigenvalue weighted by Gasteiger charge is 2.12. The summed E-state index contributed by atoms with van der Waals surface area (Å²) in [5.41, 5.74) is 2.96. The van der Waals surface area contributed by atoms with Crippen LogP contribution in [0.5, 0.6) is 0 Å². The molecule has 1 nitrogen and oxygen atoms in total. The minimum Gasteiger partial charge on any atom is -0.252 e. The van der Waals surface area contributed by atoms with Gasteiger partial charge in [-0.15, -0.1) is 0 Å². The number of pyridine rings is 1. The van der Waals surface area contributed by atoms with Gasteiger partial charge in [0.15, 0.2) is 0 Å². The van der Waals surface area contributed by atoms with Gasteiger partial charge in [-0.05, 0) is 31.2 Å². The van der Waals surface area contributed by atoms with E-state index in [1.54, 1.807) is 0 Å². The molecule has 0 aliphatic rings. The third kappa shape index (κ3) is 2.64. The Morgan fingerprint density at radius 1 is 1.14 bits per heavy atom. The number of allylic oxidation sites excluding steroid dienone is 2. The van der Waals surface area contributed by atoms with Crippen molar-refractivity contribution in [2.45, 2.75) is 20.3 Å². The monoisotopic (exact) mass is 315 g/mol. The maximum absolute atomic E-state index is 6.62. The summed E-state index contributed by atoms with van der Waals surface area (Å²) in [5.74, 6) is 0. The van der Waals surface area contributed by atoms with Gasteiger partial charge in [0.25, 0.3) is 0 Å². The molecule has 0 saturated carbocycles. The Morgan fingerprint density at radius 2 is 1.90 bits per heavy atom. The Hall–Kier alpha value is -1.57. The van der Waals surface area contributed by atoms with Crippen LogP contribution < -0.4 is 0 Å². The van der Waals surface area contributed by atoms with Crippen molar-refractivity contribution in [2.24, 2.45) is 0 Å². The average molecular weight is 316 g/mol. The lowest BCUT2D eigenvalue weighted by atomic mass is 10.0. The summed E-state index contributed by atoms with van der Waals surface area (Å²) in [5, 5.41) is 4.85. The molecule has 3 rings (SSSR count). The predicted molar refractivity (Wildman–Crippen MR) is 92.3 cm³/mol. The first-order valence-corrected chi connectivity index (χ1v) is 7.62. The van der Waals surface area contributed by atoms with Gasteiger partial charge in [0.2, 0.25) is 0 Å². The van der Waals surface area contributed by atoms with E-state index in [1.807, 2.05) is 38.1 Å². The van der Waals surface area contributed by atoms with E-state index in [2.05, 4.69) is 18.2 Å². The highest BCUT2D eigenvalue weighted by atomic mass is 35.5. The molecule has 3 aromatic rings. The third-order valence-corrected chi connectivity index (χ3v) is 4.29. The first kappa shape index (κ1) is 14.4. The van der Waals surface area contributed by atoms with Crippen molar-refractivity contribution >= 4 is 44.9 Å². The van der Waals surface area contributed by atoms with Gasteiger partial charge < -0.3 is 0 Å². The van der Waals surface area contributed by atoms with Crippen LogP contribution in [0, 0.1) is 6.92 Å². The van der Waals surface area contributed by atoms with E-state index in [1.165, 1.54) is 5.39 Å². The van der Waals surface area contributed by atoms with Gasteiger partial charge in [-0.25, -0.2) is 0 Å². The second-order valence-corrected chi connectivity index (χ2v) is 6.14. The smallest absolute Gasteiger partial charge is 0.0798 e. The van der Waals surface area contributed by atoms with Crippen LogP contribution in [0.2, 0.25) is 5.02 Å². The Morgan fingerprint density at radius 3 is 2.67 bits per heavy atom. The van der Waals surface area contributed by atoms with Crippen LogP contribution >= 0.6 is 23.2 Å². The summed E-state index contributed by atoms with van der Waals surface area (Å²) in [6.45, 7) is 3.87. The van der Waals surface area contributed by atoms with Gasteiger partial charge in [0.1, 0.15) is 0 Å². The van der Waals surface area contributed by atoms with Gasteiger partial charge in [-0.2, -0.15) is 0 Å². The standard InChI is InChI=1S/C18H15Cl2N/c1-11(19)7-9-14-12(2)21-18-15-6-4-3-5-13(15)8-10-16(18)17(14)20/h3-8,10H,9H2,1-2H3/b11-7-. The minimum absolute atomic E-state index is 0.704. The normalized spacial score (nSPS) is 12.3. The van der Waals surface area contributed by atoms with E-state index in [9.17, 15) is 0 Å². The second kappa shape index (κ2) is 5.67. The summed E-state index contributed by atoms with van der Waals surface area (Å²) in [6, 6.07) is 12.4.